The second-order valence-corrected chi connectivity index (χ2v) is 7.74. The number of aryl methyl sites for hydroxylation is 2. The molecule has 2 N–H and O–H groups in total. The molecule has 8 heteroatoms. The van der Waals surface area contributed by atoms with Crippen LogP contribution in [0.25, 0.3) is 0 Å². The molecule has 0 bridgehead atoms. The first kappa shape index (κ1) is 23.8. The first-order chi connectivity index (χ1) is 15.7. The van der Waals surface area contributed by atoms with E-state index in [1.807, 2.05) is 13.8 Å². The number of hydrogen-bond donors (Lipinski definition) is 2. The Labute approximate surface area is 196 Å². The third kappa shape index (κ3) is 6.82. The van der Waals surface area contributed by atoms with E-state index in [2.05, 4.69) is 10.6 Å². The van der Waals surface area contributed by atoms with E-state index in [4.69, 9.17) is 21.1 Å². The molecule has 3 aromatic carbocycles. The fourth-order valence-corrected chi connectivity index (χ4v) is 3.15. The van der Waals surface area contributed by atoms with Crippen molar-refractivity contribution in [3.63, 3.8) is 0 Å². The molecule has 0 unspecified atom stereocenters. The number of ether oxygens (including phenoxy) is 2. The number of amides is 2. The van der Waals surface area contributed by atoms with Gasteiger partial charge in [0.2, 0.25) is 0 Å². The molecule has 0 aliphatic carbocycles. The van der Waals surface area contributed by atoms with Crippen molar-refractivity contribution in [2.45, 2.75) is 20.8 Å². The van der Waals surface area contributed by atoms with Gasteiger partial charge in [-0.15, -0.1) is 0 Å². The van der Waals surface area contributed by atoms with Gasteiger partial charge in [0, 0.05) is 28.9 Å². The van der Waals surface area contributed by atoms with Crippen molar-refractivity contribution < 1.29 is 23.9 Å². The molecule has 0 aliphatic rings. The van der Waals surface area contributed by atoms with Crippen LogP contribution in [0.2, 0.25) is 5.02 Å². The third-order valence-electron chi connectivity index (χ3n) is 4.56. The Bertz CT molecular complexity index is 1170. The van der Waals surface area contributed by atoms with Crippen molar-refractivity contribution in [2.75, 3.05) is 17.2 Å². The Morgan fingerprint density at radius 2 is 1.45 bits per heavy atom. The molecule has 0 heterocycles. The minimum Gasteiger partial charge on any atom is -0.484 e. The standard InChI is InChI=1S/C25H23ClN2O5/c1-15-11-22(12-16(2)24(15)26)32-14-23(30)27-19-7-9-20(10-8-19)28-25(31)18-5-4-6-21(13-18)33-17(3)29/h4-13H,14H2,1-3H3,(H,27,30)(H,28,31). The van der Waals surface area contributed by atoms with Gasteiger partial charge >= 0.3 is 5.97 Å². The van der Waals surface area contributed by atoms with Crippen molar-refractivity contribution in [2.24, 2.45) is 0 Å². The maximum absolute atomic E-state index is 12.5. The minimum atomic E-state index is -0.464. The molecule has 0 atom stereocenters. The Morgan fingerprint density at radius 3 is 2.06 bits per heavy atom. The normalized spacial score (nSPS) is 10.3. The van der Waals surface area contributed by atoms with Crippen LogP contribution in [0.15, 0.2) is 60.7 Å². The highest BCUT2D eigenvalue weighted by atomic mass is 35.5. The van der Waals surface area contributed by atoms with Gasteiger partial charge in [-0.3, -0.25) is 14.4 Å². The number of hydrogen-bond acceptors (Lipinski definition) is 5. The molecule has 0 saturated carbocycles. The van der Waals surface area contributed by atoms with Crippen LogP contribution in [0, 0.1) is 13.8 Å². The fourth-order valence-electron chi connectivity index (χ4n) is 3.04. The van der Waals surface area contributed by atoms with E-state index in [9.17, 15) is 14.4 Å². The van der Waals surface area contributed by atoms with Crippen LogP contribution in [0.4, 0.5) is 11.4 Å². The van der Waals surface area contributed by atoms with Gasteiger partial charge in [0.25, 0.3) is 11.8 Å². The maximum Gasteiger partial charge on any atom is 0.308 e. The zero-order valence-corrected chi connectivity index (χ0v) is 19.2. The second-order valence-electron chi connectivity index (χ2n) is 7.36. The van der Waals surface area contributed by atoms with Gasteiger partial charge < -0.3 is 20.1 Å². The van der Waals surface area contributed by atoms with Crippen LogP contribution in [0.3, 0.4) is 0 Å². The molecule has 0 saturated heterocycles. The lowest BCUT2D eigenvalue weighted by atomic mass is 10.1. The molecule has 170 valence electrons. The molecule has 2 amide bonds. The first-order valence-corrected chi connectivity index (χ1v) is 10.5. The molecule has 0 aliphatic heterocycles. The van der Waals surface area contributed by atoms with Crippen molar-refractivity contribution in [3.05, 3.63) is 82.4 Å². The van der Waals surface area contributed by atoms with Crippen LogP contribution in [-0.2, 0) is 9.59 Å². The van der Waals surface area contributed by atoms with Crippen molar-refractivity contribution in [1.82, 2.24) is 0 Å². The SMILES string of the molecule is CC(=O)Oc1cccc(C(=O)Nc2ccc(NC(=O)COc3cc(C)c(Cl)c(C)c3)cc2)c1. The molecule has 0 fully saturated rings. The predicted molar refractivity (Wildman–Crippen MR) is 127 cm³/mol. The average molecular weight is 467 g/mol. The number of anilines is 2. The van der Waals surface area contributed by atoms with E-state index in [0.29, 0.717) is 33.5 Å². The van der Waals surface area contributed by atoms with Gasteiger partial charge in [0.1, 0.15) is 11.5 Å². The summed E-state index contributed by atoms with van der Waals surface area (Å²) in [4.78, 5) is 35.7. The topological polar surface area (TPSA) is 93.7 Å². The summed E-state index contributed by atoms with van der Waals surface area (Å²) in [6.07, 6.45) is 0. The zero-order valence-electron chi connectivity index (χ0n) is 18.4. The molecule has 7 nitrogen and oxygen atoms in total. The summed E-state index contributed by atoms with van der Waals surface area (Å²) >= 11 is 6.14. The molecular weight excluding hydrogens is 444 g/mol. The van der Waals surface area contributed by atoms with Crippen LogP contribution < -0.4 is 20.1 Å². The summed E-state index contributed by atoms with van der Waals surface area (Å²) in [6.45, 7) is 4.88. The summed E-state index contributed by atoms with van der Waals surface area (Å²) in [6, 6.07) is 16.5. The Balaban J connectivity index is 1.54. The minimum absolute atomic E-state index is 0.155. The summed E-state index contributed by atoms with van der Waals surface area (Å²) < 4.78 is 10.6. The highest BCUT2D eigenvalue weighted by Crippen LogP contribution is 2.26. The molecular formula is C25H23ClN2O5. The van der Waals surface area contributed by atoms with E-state index in [1.165, 1.54) is 13.0 Å². The van der Waals surface area contributed by atoms with Crippen molar-refractivity contribution in [3.8, 4) is 11.5 Å². The number of carbonyl (C=O) groups excluding carboxylic acids is 3. The smallest absolute Gasteiger partial charge is 0.308 e. The number of halogens is 1. The summed E-state index contributed by atoms with van der Waals surface area (Å²) in [7, 11) is 0. The van der Waals surface area contributed by atoms with Gasteiger partial charge in [0.15, 0.2) is 6.61 Å². The van der Waals surface area contributed by atoms with E-state index in [1.54, 1.807) is 54.6 Å². The number of nitrogens with one attached hydrogen (secondary N) is 2. The van der Waals surface area contributed by atoms with Crippen LogP contribution >= 0.6 is 11.6 Å². The number of carbonyl (C=O) groups is 3. The second kappa shape index (κ2) is 10.7. The van der Waals surface area contributed by atoms with Crippen molar-refractivity contribution >= 4 is 40.8 Å². The van der Waals surface area contributed by atoms with Gasteiger partial charge in [-0.2, -0.15) is 0 Å². The lowest BCUT2D eigenvalue weighted by Crippen LogP contribution is -2.20. The van der Waals surface area contributed by atoms with Crippen LogP contribution in [0.1, 0.15) is 28.4 Å². The molecule has 3 rings (SSSR count). The number of rotatable bonds is 7. The quantitative estimate of drug-likeness (QED) is 0.371. The molecule has 3 aromatic rings. The van der Waals surface area contributed by atoms with E-state index in [0.717, 1.165) is 11.1 Å². The number of esters is 1. The van der Waals surface area contributed by atoms with Crippen LogP contribution in [-0.4, -0.2) is 24.4 Å². The first-order valence-electron chi connectivity index (χ1n) is 10.1. The largest absolute Gasteiger partial charge is 0.484 e. The van der Waals surface area contributed by atoms with Gasteiger partial charge in [-0.1, -0.05) is 17.7 Å². The summed E-state index contributed by atoms with van der Waals surface area (Å²) in [5.41, 5.74) is 3.20. The fraction of sp³-hybridized carbons (Fsp3) is 0.160. The molecule has 33 heavy (non-hydrogen) atoms. The van der Waals surface area contributed by atoms with Crippen molar-refractivity contribution in [1.29, 1.82) is 0 Å². The summed E-state index contributed by atoms with van der Waals surface area (Å²) in [5, 5.41) is 6.17. The summed E-state index contributed by atoms with van der Waals surface area (Å²) in [5.74, 6) is -0.282. The van der Waals surface area contributed by atoms with Gasteiger partial charge in [0.05, 0.1) is 0 Å². The molecule has 0 radical (unpaired) electrons. The lowest BCUT2D eigenvalue weighted by Gasteiger charge is -2.11. The Kier molecular flexibility index (Phi) is 7.69. The average Bonchev–Trinajstić information content (AvgIpc) is 2.77. The molecule has 0 spiro atoms. The van der Waals surface area contributed by atoms with E-state index < -0.39 is 5.97 Å². The third-order valence-corrected chi connectivity index (χ3v) is 5.16. The number of benzene rings is 3. The van der Waals surface area contributed by atoms with E-state index in [-0.39, 0.29) is 18.4 Å². The lowest BCUT2D eigenvalue weighted by molar-refractivity contribution is -0.131. The maximum atomic E-state index is 12.5. The van der Waals surface area contributed by atoms with Gasteiger partial charge in [-0.25, -0.2) is 0 Å². The Morgan fingerprint density at radius 1 is 0.848 bits per heavy atom. The highest BCUT2D eigenvalue weighted by molar-refractivity contribution is 6.32. The van der Waals surface area contributed by atoms with E-state index >= 15 is 0 Å². The monoisotopic (exact) mass is 466 g/mol. The predicted octanol–water partition coefficient (Wildman–Crippen LogP) is 5.15. The molecule has 0 aromatic heterocycles. The van der Waals surface area contributed by atoms with Crippen LogP contribution in [0.5, 0.6) is 11.5 Å². The zero-order chi connectivity index (χ0) is 24.0. The Hall–Kier alpha value is -3.84. The van der Waals surface area contributed by atoms with Gasteiger partial charge in [-0.05, 0) is 79.6 Å². The highest BCUT2D eigenvalue weighted by Gasteiger charge is 2.10.